The zero-order valence-electron chi connectivity index (χ0n) is 13.1. The van der Waals surface area contributed by atoms with Crippen molar-refractivity contribution < 1.29 is 0 Å². The maximum absolute atomic E-state index is 3.37. The highest BCUT2D eigenvalue weighted by Gasteiger charge is 1.91. The topological polar surface area (TPSA) is 0 Å². The molecule has 0 aromatic heterocycles. The van der Waals surface area contributed by atoms with Crippen LogP contribution < -0.4 is 0 Å². The smallest absolute Gasteiger partial charge is 0.0212 e. The molecule has 0 unspecified atom stereocenters. The summed E-state index contributed by atoms with van der Waals surface area (Å²) in [5, 5.41) is 0. The van der Waals surface area contributed by atoms with E-state index >= 15 is 0 Å². The van der Waals surface area contributed by atoms with Crippen LogP contribution in [-0.4, -0.2) is 0 Å². The highest BCUT2D eigenvalue weighted by Crippen LogP contribution is 2.11. The van der Waals surface area contributed by atoms with Crippen LogP contribution in [0, 0.1) is 5.92 Å². The van der Waals surface area contributed by atoms with Gasteiger partial charge in [-0.25, -0.2) is 0 Å². The molecule has 0 spiro atoms. The summed E-state index contributed by atoms with van der Waals surface area (Å²) in [4.78, 5) is 0. The molecule has 0 amide bonds. The zero-order chi connectivity index (χ0) is 14.0. The van der Waals surface area contributed by atoms with Crippen molar-refractivity contribution in [1.29, 1.82) is 0 Å². The number of hydrogen-bond acceptors (Lipinski definition) is 0. The molecule has 0 aliphatic rings. The first-order chi connectivity index (χ1) is 8.41. The Morgan fingerprint density at radius 1 is 0.944 bits per heavy atom. The van der Waals surface area contributed by atoms with E-state index in [1.807, 2.05) is 0 Å². The van der Waals surface area contributed by atoms with Crippen LogP contribution in [0.5, 0.6) is 0 Å². The molecule has 18 heavy (non-hydrogen) atoms. The fraction of sp³-hybridized carbons (Fsp3) is 0.611. The predicted octanol–water partition coefficient (Wildman–Crippen LogP) is 6.22. The maximum Gasteiger partial charge on any atom is -0.0212 e. The first-order valence-electron chi connectivity index (χ1n) is 7.13. The zero-order valence-corrected chi connectivity index (χ0v) is 13.1. The molecule has 0 saturated carbocycles. The molecule has 0 heteroatoms. The molecule has 0 saturated heterocycles. The van der Waals surface area contributed by atoms with Crippen molar-refractivity contribution in [2.45, 2.75) is 67.2 Å². The van der Waals surface area contributed by atoms with E-state index in [9.17, 15) is 0 Å². The number of hydrogen-bond donors (Lipinski definition) is 0. The maximum atomic E-state index is 3.37. The fourth-order valence-electron chi connectivity index (χ4n) is 1.61. The SMILES string of the molecule is CC(=C=CC(C)C)CC/C=C(\C)CCC=C(C)C. The van der Waals surface area contributed by atoms with Crippen LogP contribution in [0.3, 0.4) is 0 Å². The fourth-order valence-corrected chi connectivity index (χ4v) is 1.61. The van der Waals surface area contributed by atoms with Gasteiger partial charge in [0.15, 0.2) is 0 Å². The lowest BCUT2D eigenvalue weighted by Gasteiger charge is -2.00. The quantitative estimate of drug-likeness (QED) is 0.369. The standard InChI is InChI=1S/C18H30/c1-15(2)9-7-10-17(5)11-8-12-18(6)14-13-16(3)4/h9,11,13,16H,7-8,10,12H2,1-6H3/b17-11+. The Morgan fingerprint density at radius 3 is 2.11 bits per heavy atom. The van der Waals surface area contributed by atoms with Crippen LogP contribution in [0.4, 0.5) is 0 Å². The Hall–Kier alpha value is -1.00. The summed E-state index contributed by atoms with van der Waals surface area (Å²) in [6.45, 7) is 13.1. The average molecular weight is 246 g/mol. The number of rotatable bonds is 7. The minimum Gasteiger partial charge on any atom is -0.126 e. The molecule has 0 aliphatic carbocycles. The molecule has 0 bridgehead atoms. The summed E-state index contributed by atoms with van der Waals surface area (Å²) in [6, 6.07) is 0. The molecular weight excluding hydrogens is 216 g/mol. The van der Waals surface area contributed by atoms with E-state index < -0.39 is 0 Å². The van der Waals surface area contributed by atoms with Crippen LogP contribution >= 0.6 is 0 Å². The third-order valence-electron chi connectivity index (χ3n) is 2.77. The van der Waals surface area contributed by atoms with Gasteiger partial charge in [0.25, 0.3) is 0 Å². The van der Waals surface area contributed by atoms with Crippen LogP contribution in [0.25, 0.3) is 0 Å². The van der Waals surface area contributed by atoms with E-state index in [0.717, 1.165) is 12.8 Å². The Bertz CT molecular complexity index is 340. The van der Waals surface area contributed by atoms with Crippen LogP contribution in [0.15, 0.2) is 40.7 Å². The summed E-state index contributed by atoms with van der Waals surface area (Å²) in [6.07, 6.45) is 11.5. The van der Waals surface area contributed by atoms with Crippen molar-refractivity contribution in [3.8, 4) is 0 Å². The van der Waals surface area contributed by atoms with Crippen LogP contribution in [0.2, 0.25) is 0 Å². The first kappa shape index (κ1) is 17.0. The third-order valence-corrected chi connectivity index (χ3v) is 2.77. The van der Waals surface area contributed by atoms with E-state index in [0.29, 0.717) is 5.92 Å². The molecule has 0 N–H and O–H groups in total. The van der Waals surface area contributed by atoms with E-state index in [2.05, 4.69) is 65.5 Å². The van der Waals surface area contributed by atoms with Gasteiger partial charge in [0.2, 0.25) is 0 Å². The van der Waals surface area contributed by atoms with Gasteiger partial charge in [-0.15, -0.1) is 5.73 Å². The number of allylic oxidation sites excluding steroid dienone is 5. The lowest BCUT2D eigenvalue weighted by Crippen LogP contribution is -1.80. The lowest BCUT2D eigenvalue weighted by atomic mass is 10.1. The first-order valence-corrected chi connectivity index (χ1v) is 7.13. The molecular formula is C18H30. The van der Waals surface area contributed by atoms with Crippen molar-refractivity contribution in [3.05, 3.63) is 40.7 Å². The molecule has 0 atom stereocenters. The lowest BCUT2D eigenvalue weighted by molar-refractivity contribution is 0.830. The summed E-state index contributed by atoms with van der Waals surface area (Å²) >= 11 is 0. The van der Waals surface area contributed by atoms with Gasteiger partial charge in [-0.3, -0.25) is 0 Å². The molecule has 0 aromatic carbocycles. The second-order valence-corrected chi connectivity index (χ2v) is 5.74. The molecule has 0 nitrogen and oxygen atoms in total. The minimum absolute atomic E-state index is 0.598. The van der Waals surface area contributed by atoms with Crippen molar-refractivity contribution in [1.82, 2.24) is 0 Å². The predicted molar refractivity (Wildman–Crippen MR) is 83.8 cm³/mol. The summed E-state index contributed by atoms with van der Waals surface area (Å²) in [5.74, 6) is 0.598. The van der Waals surface area contributed by atoms with E-state index in [1.54, 1.807) is 0 Å². The van der Waals surface area contributed by atoms with Crippen molar-refractivity contribution >= 4 is 0 Å². The second kappa shape index (κ2) is 9.97. The highest BCUT2D eigenvalue weighted by atomic mass is 14.0. The van der Waals surface area contributed by atoms with Crippen molar-refractivity contribution in [3.63, 3.8) is 0 Å². The monoisotopic (exact) mass is 246 g/mol. The third kappa shape index (κ3) is 11.5. The van der Waals surface area contributed by atoms with Gasteiger partial charge in [-0.1, -0.05) is 37.1 Å². The minimum atomic E-state index is 0.598. The Balaban J connectivity index is 4.01. The largest absolute Gasteiger partial charge is 0.126 e. The van der Waals surface area contributed by atoms with Gasteiger partial charge in [0.1, 0.15) is 0 Å². The Kier molecular flexibility index (Phi) is 9.42. The van der Waals surface area contributed by atoms with Gasteiger partial charge in [0.05, 0.1) is 0 Å². The molecule has 0 radical (unpaired) electrons. The molecule has 0 heterocycles. The normalized spacial score (nSPS) is 11.2. The summed E-state index contributed by atoms with van der Waals surface area (Å²) < 4.78 is 0. The Labute approximate surface area is 114 Å². The molecule has 0 aliphatic heterocycles. The average Bonchev–Trinajstić information content (AvgIpc) is 2.25. The van der Waals surface area contributed by atoms with Gasteiger partial charge in [0, 0.05) is 0 Å². The molecule has 0 fully saturated rings. The Morgan fingerprint density at radius 2 is 1.56 bits per heavy atom. The van der Waals surface area contributed by atoms with Crippen molar-refractivity contribution in [2.75, 3.05) is 0 Å². The van der Waals surface area contributed by atoms with Crippen LogP contribution in [0.1, 0.15) is 67.2 Å². The van der Waals surface area contributed by atoms with Gasteiger partial charge >= 0.3 is 0 Å². The van der Waals surface area contributed by atoms with Crippen LogP contribution in [-0.2, 0) is 0 Å². The summed E-state index contributed by atoms with van der Waals surface area (Å²) in [5.41, 5.74) is 7.65. The highest BCUT2D eigenvalue weighted by molar-refractivity contribution is 5.05. The van der Waals surface area contributed by atoms with E-state index in [4.69, 9.17) is 0 Å². The second-order valence-electron chi connectivity index (χ2n) is 5.74. The molecule has 102 valence electrons. The van der Waals surface area contributed by atoms with E-state index in [1.165, 1.54) is 29.6 Å². The van der Waals surface area contributed by atoms with E-state index in [-0.39, 0.29) is 0 Å². The summed E-state index contributed by atoms with van der Waals surface area (Å²) in [7, 11) is 0. The molecule has 0 aromatic rings. The van der Waals surface area contributed by atoms with Crippen molar-refractivity contribution in [2.24, 2.45) is 5.92 Å². The van der Waals surface area contributed by atoms with Gasteiger partial charge in [-0.2, -0.15) is 0 Å². The van der Waals surface area contributed by atoms with Gasteiger partial charge < -0.3 is 0 Å². The van der Waals surface area contributed by atoms with Gasteiger partial charge in [-0.05, 0) is 70.9 Å². The molecule has 0 rings (SSSR count).